The first-order valence-corrected chi connectivity index (χ1v) is 28.8. The summed E-state index contributed by atoms with van der Waals surface area (Å²) in [5.41, 5.74) is 0. The lowest BCUT2D eigenvalue weighted by molar-refractivity contribution is -0.870. The molecule has 400 valence electrons. The van der Waals surface area contributed by atoms with Gasteiger partial charge >= 0.3 is 0 Å². The number of aliphatic hydroxyl groups excluding tert-OH is 1. The Balaban J connectivity index is 4.07. The van der Waals surface area contributed by atoms with Gasteiger partial charge in [-0.3, -0.25) is 9.36 Å². The number of phosphoric acid groups is 1. The second-order valence-electron chi connectivity index (χ2n) is 18.8. The van der Waals surface area contributed by atoms with E-state index < -0.39 is 26.6 Å². The Morgan fingerprint density at radius 3 is 1.31 bits per heavy atom. The number of rotatable bonds is 47. The third kappa shape index (κ3) is 53.7. The summed E-state index contributed by atoms with van der Waals surface area (Å²) in [5, 5.41) is 13.7. The number of hydrogen-bond acceptors (Lipinski definition) is 6. The Morgan fingerprint density at radius 2 is 0.873 bits per heavy atom. The van der Waals surface area contributed by atoms with E-state index in [0.717, 1.165) is 128 Å². The minimum Gasteiger partial charge on any atom is -0.756 e. The average Bonchev–Trinajstić information content (AvgIpc) is 3.33. The van der Waals surface area contributed by atoms with Crippen LogP contribution in [0.3, 0.4) is 0 Å². The van der Waals surface area contributed by atoms with Gasteiger partial charge in [0.05, 0.1) is 39.9 Å². The number of nitrogens with zero attached hydrogens (tertiary/aromatic N) is 1. The fraction of sp³-hybridized carbons (Fsp3) is 0.565. The van der Waals surface area contributed by atoms with Gasteiger partial charge in [0.25, 0.3) is 7.82 Å². The predicted molar refractivity (Wildman–Crippen MR) is 306 cm³/mol. The van der Waals surface area contributed by atoms with Crippen molar-refractivity contribution in [1.82, 2.24) is 5.32 Å². The summed E-state index contributed by atoms with van der Waals surface area (Å²) < 4.78 is 23.1. The molecule has 9 heteroatoms. The molecule has 8 nitrogen and oxygen atoms in total. The van der Waals surface area contributed by atoms with E-state index in [0.29, 0.717) is 17.4 Å². The molecule has 0 aromatic heterocycles. The number of hydrogen-bond donors (Lipinski definition) is 2. The normalized spacial score (nSPS) is 15.2. The zero-order valence-electron chi connectivity index (χ0n) is 45.3. The Labute approximate surface area is 435 Å². The molecule has 0 spiro atoms. The van der Waals surface area contributed by atoms with Crippen LogP contribution in [0.1, 0.15) is 174 Å². The minimum absolute atomic E-state index is 0.0175. The third-order valence-electron chi connectivity index (χ3n) is 11.0. The summed E-state index contributed by atoms with van der Waals surface area (Å²) in [5.74, 6) is -0.231. The van der Waals surface area contributed by atoms with Crippen molar-refractivity contribution >= 4 is 13.7 Å². The second-order valence-corrected chi connectivity index (χ2v) is 20.2. The van der Waals surface area contributed by atoms with Gasteiger partial charge < -0.3 is 28.8 Å². The lowest BCUT2D eigenvalue weighted by atomic mass is 10.1. The summed E-state index contributed by atoms with van der Waals surface area (Å²) in [7, 11) is 1.21. The van der Waals surface area contributed by atoms with Crippen molar-refractivity contribution in [1.29, 1.82) is 0 Å². The molecule has 2 N–H and O–H groups in total. The topological polar surface area (TPSA) is 108 Å². The van der Waals surface area contributed by atoms with Crippen LogP contribution in [0.25, 0.3) is 0 Å². The van der Waals surface area contributed by atoms with Crippen LogP contribution in [0.15, 0.2) is 158 Å². The van der Waals surface area contributed by atoms with Gasteiger partial charge in [-0.1, -0.05) is 217 Å². The fourth-order valence-corrected chi connectivity index (χ4v) is 7.41. The maximum Gasteiger partial charge on any atom is 0.268 e. The third-order valence-corrected chi connectivity index (χ3v) is 11.9. The molecule has 1 amide bonds. The van der Waals surface area contributed by atoms with E-state index in [4.69, 9.17) is 9.05 Å². The van der Waals surface area contributed by atoms with E-state index in [9.17, 15) is 19.4 Å². The number of quaternary nitrogens is 1. The van der Waals surface area contributed by atoms with Crippen LogP contribution in [0, 0.1) is 0 Å². The molecule has 0 bridgehead atoms. The molecule has 0 rings (SSSR count). The standard InChI is InChI=1S/C62H101N2O6P/c1-6-8-10-12-14-16-17-18-19-20-21-22-23-24-25-26-27-28-29-30-31-32-33-34-35-36-37-38-39-40-41-42-43-44-45-46-47-48-50-52-54-56-62(66)63-60(59-70-71(67,68)69-58-57-64(3,4)5)61(65)55-53-51-49-15-13-11-9-7-2/h8,10,13-16,18-19,21-22,24-25,27-28,30-31,33-34,36-37,39-40,42-43,53,55,60-61,65H,6-7,9,11-12,17,20,23,26,29,32,35,38,41,44-52,54,56-59H2,1-5H3,(H-,63,66,67,68)/b10-8-,15-13+,16-14-,19-18-,22-21-,25-24-,28-27-,31-30-,34-33-,37-36-,40-39-,43-42-,55-53+. The number of carbonyl (C=O) groups excluding carboxylic acids is 1. The number of unbranched alkanes of at least 4 members (excludes halogenated alkanes) is 10. The van der Waals surface area contributed by atoms with Gasteiger partial charge in [0.1, 0.15) is 13.2 Å². The number of phosphoric ester groups is 1. The number of likely N-dealkylation sites (N-methyl/N-ethyl adjacent to an activating group) is 1. The molecule has 0 aromatic carbocycles. The quantitative estimate of drug-likeness (QED) is 0.0272. The molecule has 71 heavy (non-hydrogen) atoms. The Hall–Kier alpha value is -3.88. The van der Waals surface area contributed by atoms with Crippen LogP contribution in [-0.2, 0) is 18.4 Å². The molecular weight excluding hydrogens is 900 g/mol. The lowest BCUT2D eigenvalue weighted by Crippen LogP contribution is -2.45. The lowest BCUT2D eigenvalue weighted by Gasteiger charge is -2.29. The van der Waals surface area contributed by atoms with Crippen molar-refractivity contribution in [2.75, 3.05) is 40.9 Å². The largest absolute Gasteiger partial charge is 0.756 e. The van der Waals surface area contributed by atoms with Gasteiger partial charge in [-0.25, -0.2) is 0 Å². The van der Waals surface area contributed by atoms with Crippen LogP contribution in [0.4, 0.5) is 0 Å². The highest BCUT2D eigenvalue weighted by Crippen LogP contribution is 2.38. The molecular formula is C62H101N2O6P. The number of nitrogens with one attached hydrogen (secondary N) is 1. The van der Waals surface area contributed by atoms with Crippen LogP contribution in [-0.4, -0.2) is 68.5 Å². The number of carbonyl (C=O) groups is 1. The summed E-state index contributed by atoms with van der Waals surface area (Å²) in [4.78, 5) is 25.3. The van der Waals surface area contributed by atoms with Gasteiger partial charge in [0.15, 0.2) is 0 Å². The molecule has 0 fully saturated rings. The van der Waals surface area contributed by atoms with Crippen LogP contribution in [0.2, 0.25) is 0 Å². The molecule has 0 aliphatic rings. The van der Waals surface area contributed by atoms with E-state index in [1.165, 1.54) is 25.7 Å². The zero-order valence-corrected chi connectivity index (χ0v) is 46.2. The van der Waals surface area contributed by atoms with E-state index in [2.05, 4.69) is 165 Å². The van der Waals surface area contributed by atoms with Crippen molar-refractivity contribution in [2.45, 2.75) is 187 Å². The molecule has 3 unspecified atom stereocenters. The Kier molecular flexibility index (Phi) is 48.2. The first-order valence-electron chi connectivity index (χ1n) is 27.3. The molecule has 0 aliphatic carbocycles. The second kappa shape index (κ2) is 51.0. The van der Waals surface area contributed by atoms with E-state index in [1.807, 2.05) is 27.2 Å². The summed E-state index contributed by atoms with van der Waals surface area (Å²) in [6.45, 7) is 4.38. The molecule has 0 aromatic rings. The zero-order chi connectivity index (χ0) is 52.0. The molecule has 3 atom stereocenters. The summed E-state index contributed by atoms with van der Waals surface area (Å²) in [6, 6.07) is -0.918. The van der Waals surface area contributed by atoms with Crippen molar-refractivity contribution < 1.29 is 32.9 Å². The summed E-state index contributed by atoms with van der Waals surface area (Å²) >= 11 is 0. The highest BCUT2D eigenvalue weighted by atomic mass is 31.2. The first-order chi connectivity index (χ1) is 34.5. The van der Waals surface area contributed by atoms with Gasteiger partial charge in [0.2, 0.25) is 5.91 Å². The van der Waals surface area contributed by atoms with E-state index in [-0.39, 0.29) is 12.5 Å². The van der Waals surface area contributed by atoms with Crippen molar-refractivity contribution in [3.63, 3.8) is 0 Å². The highest BCUT2D eigenvalue weighted by Gasteiger charge is 2.23. The molecule has 0 saturated heterocycles. The Bertz CT molecular complexity index is 1700. The minimum atomic E-state index is -4.61. The Morgan fingerprint density at radius 1 is 0.507 bits per heavy atom. The SMILES string of the molecule is CC/C=C\C/C=C\C/C=C\C/C=C\C/C=C\C/C=C\C/C=C\C/C=C\C/C=C\C/C=C\C/C=C\CCCCCCCCCC(=O)NC(COP(=O)([O-])OCC[N+](C)(C)C)C(O)/C=C/CC/C=C/CCCC. The maximum absolute atomic E-state index is 12.8. The molecule has 0 saturated carbocycles. The number of aliphatic hydroxyl groups is 1. The first kappa shape index (κ1) is 67.1. The highest BCUT2D eigenvalue weighted by molar-refractivity contribution is 7.45. The smallest absolute Gasteiger partial charge is 0.268 e. The van der Waals surface area contributed by atoms with Gasteiger partial charge in [-0.15, -0.1) is 0 Å². The maximum atomic E-state index is 12.8. The fourth-order valence-electron chi connectivity index (χ4n) is 6.69. The van der Waals surface area contributed by atoms with Crippen LogP contribution in [0.5, 0.6) is 0 Å². The van der Waals surface area contributed by atoms with Gasteiger partial charge in [-0.05, 0) is 109 Å². The van der Waals surface area contributed by atoms with Gasteiger partial charge in [0, 0.05) is 6.42 Å². The van der Waals surface area contributed by atoms with E-state index in [1.54, 1.807) is 6.08 Å². The van der Waals surface area contributed by atoms with Crippen molar-refractivity contribution in [3.8, 4) is 0 Å². The average molecular weight is 1000 g/mol. The predicted octanol–water partition coefficient (Wildman–Crippen LogP) is 16.1. The van der Waals surface area contributed by atoms with Crippen LogP contribution >= 0.6 is 7.82 Å². The molecule has 0 heterocycles. The van der Waals surface area contributed by atoms with E-state index >= 15 is 0 Å². The van der Waals surface area contributed by atoms with Crippen molar-refractivity contribution in [3.05, 3.63) is 158 Å². The monoisotopic (exact) mass is 1000 g/mol. The van der Waals surface area contributed by atoms with Gasteiger partial charge in [-0.2, -0.15) is 0 Å². The van der Waals surface area contributed by atoms with Crippen molar-refractivity contribution in [2.24, 2.45) is 0 Å². The number of amides is 1. The summed E-state index contributed by atoms with van der Waals surface area (Å²) in [6.07, 6.45) is 80.6. The molecule has 0 radical (unpaired) electrons. The molecule has 0 aliphatic heterocycles. The van der Waals surface area contributed by atoms with Crippen LogP contribution < -0.4 is 10.2 Å². The number of allylic oxidation sites excluding steroid dienone is 25.